The Bertz CT molecular complexity index is 981. The van der Waals surface area contributed by atoms with Crippen LogP contribution < -0.4 is 21.5 Å². The van der Waals surface area contributed by atoms with Crippen molar-refractivity contribution in [1.82, 2.24) is 16.2 Å². The highest BCUT2D eigenvalue weighted by Gasteiger charge is 2.49. The molecule has 0 radical (unpaired) electrons. The molecule has 3 unspecified atom stereocenters. The molecular formula is C19H17Cl2F4N5O. The predicted octanol–water partition coefficient (Wildman–Crippen LogP) is 4.33. The summed E-state index contributed by atoms with van der Waals surface area (Å²) in [6.07, 6.45) is -5.44. The monoisotopic (exact) mass is 477 g/mol. The lowest BCUT2D eigenvalue weighted by atomic mass is 10.0. The summed E-state index contributed by atoms with van der Waals surface area (Å²) in [5, 5.41) is 5.79. The Kier molecular flexibility index (Phi) is 7.05. The van der Waals surface area contributed by atoms with Gasteiger partial charge in [0.25, 0.3) is 5.91 Å². The number of hydrazine groups is 1. The molecule has 6 nitrogen and oxygen atoms in total. The topological polar surface area (TPSA) is 77.5 Å². The Labute approximate surface area is 185 Å². The van der Waals surface area contributed by atoms with Gasteiger partial charge < -0.3 is 10.6 Å². The minimum absolute atomic E-state index is 0.0779. The Hall–Kier alpha value is -2.40. The zero-order chi connectivity index (χ0) is 22.8. The third-order valence-corrected chi connectivity index (χ3v) is 4.95. The van der Waals surface area contributed by atoms with E-state index in [-0.39, 0.29) is 22.2 Å². The molecular weight excluding hydrogens is 461 g/mol. The summed E-state index contributed by atoms with van der Waals surface area (Å²) in [6, 6.07) is 7.71. The molecule has 0 bridgehead atoms. The number of hydrogen-bond acceptors (Lipinski definition) is 3. The van der Waals surface area contributed by atoms with Crippen LogP contribution in [0.25, 0.3) is 0 Å². The van der Waals surface area contributed by atoms with Gasteiger partial charge in [0.1, 0.15) is 11.9 Å². The molecule has 1 saturated heterocycles. The van der Waals surface area contributed by atoms with Crippen LogP contribution >= 0.6 is 23.2 Å². The number of benzene rings is 2. The van der Waals surface area contributed by atoms with Gasteiger partial charge in [0.05, 0.1) is 6.17 Å². The highest BCUT2D eigenvalue weighted by Crippen LogP contribution is 2.29. The molecule has 2 aromatic carbocycles. The maximum Gasteiger partial charge on any atom is 0.405 e. The highest BCUT2D eigenvalue weighted by atomic mass is 35.5. The third-order valence-electron chi connectivity index (χ3n) is 4.50. The second-order valence-electron chi connectivity index (χ2n) is 6.85. The van der Waals surface area contributed by atoms with Gasteiger partial charge in [-0.2, -0.15) is 18.2 Å². The van der Waals surface area contributed by atoms with Crippen LogP contribution in [0.5, 0.6) is 0 Å². The average molecular weight is 478 g/mol. The number of nitrogens with one attached hydrogen (secondary N) is 4. The number of nitrogens with zero attached hydrogens (tertiary/aromatic N) is 1. The summed E-state index contributed by atoms with van der Waals surface area (Å²) in [7, 11) is 0. The van der Waals surface area contributed by atoms with Crippen LogP contribution in [0.15, 0.2) is 47.5 Å². The molecule has 31 heavy (non-hydrogen) atoms. The molecule has 1 aliphatic heterocycles. The Morgan fingerprint density at radius 3 is 2.45 bits per heavy atom. The fourth-order valence-corrected chi connectivity index (χ4v) is 3.39. The molecule has 4 N–H and O–H groups in total. The molecule has 1 fully saturated rings. The molecule has 2 aromatic rings. The van der Waals surface area contributed by atoms with Crippen molar-refractivity contribution in [3.8, 4) is 0 Å². The predicted molar refractivity (Wildman–Crippen MR) is 110 cm³/mol. The minimum Gasteiger partial charge on any atom is -0.339 e. The molecule has 0 spiro atoms. The van der Waals surface area contributed by atoms with Gasteiger partial charge in [0, 0.05) is 27.2 Å². The van der Waals surface area contributed by atoms with E-state index >= 15 is 0 Å². The maximum atomic E-state index is 13.7. The van der Waals surface area contributed by atoms with Crippen LogP contribution in [-0.4, -0.2) is 30.3 Å². The molecule has 1 amide bonds. The van der Waals surface area contributed by atoms with Gasteiger partial charge in [-0.05, 0) is 36.4 Å². The highest BCUT2D eigenvalue weighted by molar-refractivity contribution is 6.31. The summed E-state index contributed by atoms with van der Waals surface area (Å²) in [4.78, 5) is 16.5. The smallest absolute Gasteiger partial charge is 0.339 e. The molecule has 166 valence electrons. The first-order chi connectivity index (χ1) is 14.5. The second kappa shape index (κ2) is 9.39. The molecule has 0 aromatic heterocycles. The average Bonchev–Trinajstić information content (AvgIpc) is 3.01. The number of alkyl halides is 3. The Morgan fingerprint density at radius 2 is 1.84 bits per heavy atom. The van der Waals surface area contributed by atoms with E-state index in [1.807, 2.05) is 0 Å². The zero-order valence-corrected chi connectivity index (χ0v) is 17.4. The first-order valence-corrected chi connectivity index (χ1v) is 9.74. The molecule has 12 heteroatoms. The van der Waals surface area contributed by atoms with Gasteiger partial charge in [0.15, 0.2) is 0 Å². The van der Waals surface area contributed by atoms with E-state index in [4.69, 9.17) is 23.2 Å². The van der Waals surface area contributed by atoms with Gasteiger partial charge in [-0.1, -0.05) is 36.2 Å². The minimum atomic E-state index is -4.49. The number of carbonyl (C=O) groups excluding carboxylic acids is 1. The number of carbonyl (C=O) groups is 1. The molecule has 0 aliphatic carbocycles. The first-order valence-electron chi connectivity index (χ1n) is 8.99. The second-order valence-corrected chi connectivity index (χ2v) is 7.72. The van der Waals surface area contributed by atoms with E-state index in [2.05, 4.69) is 26.5 Å². The lowest BCUT2D eigenvalue weighted by molar-refractivity contribution is -0.160. The van der Waals surface area contributed by atoms with Crippen LogP contribution in [0.3, 0.4) is 0 Å². The van der Waals surface area contributed by atoms with Crippen LogP contribution in [0.2, 0.25) is 10.0 Å². The van der Waals surface area contributed by atoms with Crippen molar-refractivity contribution in [2.45, 2.75) is 25.3 Å². The lowest BCUT2D eigenvalue weighted by Crippen LogP contribution is -2.49. The van der Waals surface area contributed by atoms with Gasteiger partial charge >= 0.3 is 6.18 Å². The number of anilines is 1. The molecule has 3 rings (SSSR count). The summed E-state index contributed by atoms with van der Waals surface area (Å²) < 4.78 is 53.1. The van der Waals surface area contributed by atoms with Crippen molar-refractivity contribution >= 4 is 40.8 Å². The number of guanidine groups is 1. The van der Waals surface area contributed by atoms with Gasteiger partial charge in [-0.25, -0.2) is 15.2 Å². The molecule has 3 atom stereocenters. The van der Waals surface area contributed by atoms with Gasteiger partial charge in [-0.3, -0.25) is 4.79 Å². The normalized spacial score (nSPS) is 21.8. The van der Waals surface area contributed by atoms with E-state index in [1.54, 1.807) is 12.1 Å². The van der Waals surface area contributed by atoms with Crippen molar-refractivity contribution in [1.29, 1.82) is 0 Å². The number of amides is 1. The van der Waals surface area contributed by atoms with E-state index in [0.29, 0.717) is 5.02 Å². The number of rotatable bonds is 3. The number of hydrogen-bond donors (Lipinski definition) is 4. The van der Waals surface area contributed by atoms with Crippen LogP contribution in [-0.2, 0) is 0 Å². The van der Waals surface area contributed by atoms with Crippen LogP contribution in [0.4, 0.5) is 23.2 Å². The van der Waals surface area contributed by atoms with Crippen LogP contribution in [0, 0.1) is 11.7 Å². The summed E-state index contributed by atoms with van der Waals surface area (Å²) >= 11 is 11.7. The number of halogens is 6. The van der Waals surface area contributed by atoms with E-state index in [0.717, 1.165) is 12.1 Å². The van der Waals surface area contributed by atoms with Crippen molar-refractivity contribution in [3.05, 3.63) is 63.9 Å². The van der Waals surface area contributed by atoms with Crippen molar-refractivity contribution in [2.75, 3.05) is 5.32 Å². The van der Waals surface area contributed by atoms with E-state index < -0.39 is 36.0 Å². The van der Waals surface area contributed by atoms with Gasteiger partial charge in [0.2, 0.25) is 5.96 Å². The molecule has 1 aliphatic rings. The third kappa shape index (κ3) is 6.07. The first kappa shape index (κ1) is 23.3. The number of aliphatic imine (C=N–C) groups is 1. The standard InChI is InChI=1S/C19H17Cl2F4N5O/c1-9-15(19(23,24)25)29-30-16(9)27-18(26-14-7-12(21)6-13(22)8-14)28-17(31)10-3-2-4-11(20)5-10/h2-9,15-16,29-30H,1H3,(H2,26,27,28,31). The summed E-state index contributed by atoms with van der Waals surface area (Å²) in [5.41, 5.74) is 4.96. The largest absolute Gasteiger partial charge is 0.405 e. The van der Waals surface area contributed by atoms with Crippen molar-refractivity contribution in [2.24, 2.45) is 10.9 Å². The Morgan fingerprint density at radius 1 is 1.10 bits per heavy atom. The summed E-state index contributed by atoms with van der Waals surface area (Å²) in [5.74, 6) is -2.54. The lowest BCUT2D eigenvalue weighted by Gasteiger charge is -2.23. The summed E-state index contributed by atoms with van der Waals surface area (Å²) in [6.45, 7) is 1.37. The SMILES string of the molecule is CC1C(N/C(=N\C(=O)c2cccc(Cl)c2)Nc2cc(F)cc(Cl)c2)NNC1C(F)(F)F. The fraction of sp³-hybridized carbons (Fsp3) is 0.263. The fourth-order valence-electron chi connectivity index (χ4n) is 2.98. The molecule has 0 saturated carbocycles. The maximum absolute atomic E-state index is 13.7. The van der Waals surface area contributed by atoms with Crippen LogP contribution in [0.1, 0.15) is 17.3 Å². The quantitative estimate of drug-likeness (QED) is 0.300. The van der Waals surface area contributed by atoms with E-state index in [1.165, 1.54) is 25.1 Å². The van der Waals surface area contributed by atoms with Crippen molar-refractivity contribution < 1.29 is 22.4 Å². The van der Waals surface area contributed by atoms with Crippen molar-refractivity contribution in [3.63, 3.8) is 0 Å². The zero-order valence-electron chi connectivity index (χ0n) is 15.9. The van der Waals surface area contributed by atoms with E-state index in [9.17, 15) is 22.4 Å². The Balaban J connectivity index is 1.88. The molecule has 1 heterocycles. The van der Waals surface area contributed by atoms with Gasteiger partial charge in [-0.15, -0.1) is 0 Å².